The highest BCUT2D eigenvalue weighted by atomic mass is 19.3. The molecule has 0 saturated carbocycles. The lowest BCUT2D eigenvalue weighted by Crippen LogP contribution is -2.39. The van der Waals surface area contributed by atoms with Crippen molar-refractivity contribution < 1.29 is 18.3 Å². The van der Waals surface area contributed by atoms with Crippen molar-refractivity contribution in [1.29, 1.82) is 0 Å². The molecule has 2 aromatic rings. The zero-order valence-electron chi connectivity index (χ0n) is 15.1. The average Bonchev–Trinajstić information content (AvgIpc) is 3.36. The molecule has 146 valence electrons. The van der Waals surface area contributed by atoms with Gasteiger partial charge in [-0.3, -0.25) is 4.79 Å². The molecule has 2 fully saturated rings. The van der Waals surface area contributed by atoms with Gasteiger partial charge in [0.15, 0.2) is 0 Å². The molecule has 2 atom stereocenters. The van der Waals surface area contributed by atoms with Gasteiger partial charge in [0.05, 0.1) is 11.8 Å². The summed E-state index contributed by atoms with van der Waals surface area (Å²) in [5.41, 5.74) is 0.344. The number of hydrogen-bond donors (Lipinski definition) is 0. The highest BCUT2D eigenvalue weighted by molar-refractivity contribution is 5.76. The third-order valence-corrected chi connectivity index (χ3v) is 5.42. The first kappa shape index (κ1) is 18.2. The number of hydrogen-bond acceptors (Lipinski definition) is 5. The van der Waals surface area contributed by atoms with E-state index in [2.05, 4.69) is 15.1 Å². The lowest BCUT2D eigenvalue weighted by atomic mass is 9.93. The Bertz CT molecular complexity index is 806. The van der Waals surface area contributed by atoms with Crippen LogP contribution in [0.25, 0.3) is 5.78 Å². The molecular weight excluding hydrogens is 356 g/mol. The Hall–Kier alpha value is -2.16. The number of carbonyl (C=O) groups excluding carboxylic acids is 1. The third kappa shape index (κ3) is 3.92. The van der Waals surface area contributed by atoms with Crippen LogP contribution in [-0.2, 0) is 9.53 Å². The van der Waals surface area contributed by atoms with Crippen LogP contribution in [0.5, 0.6) is 0 Å². The fourth-order valence-electron chi connectivity index (χ4n) is 3.98. The molecule has 4 rings (SSSR count). The molecular formula is C18H23F2N5O2. The Morgan fingerprint density at radius 3 is 3.00 bits per heavy atom. The van der Waals surface area contributed by atoms with E-state index in [4.69, 9.17) is 4.74 Å². The number of amides is 1. The Balaban J connectivity index is 1.46. The summed E-state index contributed by atoms with van der Waals surface area (Å²) in [6, 6.07) is 1.40. The highest BCUT2D eigenvalue weighted by Crippen LogP contribution is 2.29. The Morgan fingerprint density at radius 2 is 2.22 bits per heavy atom. The molecule has 0 aromatic carbocycles. The molecule has 4 heterocycles. The molecule has 2 aliphatic heterocycles. The van der Waals surface area contributed by atoms with Gasteiger partial charge >= 0.3 is 0 Å². The number of aromatic nitrogens is 4. The number of likely N-dealkylation sites (tertiary alicyclic amines) is 1. The molecule has 2 unspecified atom stereocenters. The van der Waals surface area contributed by atoms with Crippen LogP contribution in [0, 0.1) is 0 Å². The second kappa shape index (κ2) is 7.84. The van der Waals surface area contributed by atoms with Crippen LogP contribution in [-0.4, -0.2) is 56.2 Å². The largest absolute Gasteiger partial charge is 0.378 e. The van der Waals surface area contributed by atoms with Crippen LogP contribution in [0.4, 0.5) is 8.78 Å². The van der Waals surface area contributed by atoms with Crippen LogP contribution >= 0.6 is 0 Å². The second-order valence-electron chi connectivity index (χ2n) is 7.23. The summed E-state index contributed by atoms with van der Waals surface area (Å²) in [6.07, 6.45) is 3.71. The normalized spacial score (nSPS) is 23.4. The number of ether oxygens (including phenoxy) is 1. The Labute approximate surface area is 155 Å². The molecule has 2 saturated heterocycles. The number of rotatable bonds is 5. The fraction of sp³-hybridized carbons (Fsp3) is 0.667. The van der Waals surface area contributed by atoms with Gasteiger partial charge in [-0.15, -0.1) is 0 Å². The van der Waals surface area contributed by atoms with Gasteiger partial charge in [0.25, 0.3) is 12.2 Å². The van der Waals surface area contributed by atoms with E-state index in [0.717, 1.165) is 43.2 Å². The van der Waals surface area contributed by atoms with Gasteiger partial charge in [-0.2, -0.15) is 14.6 Å². The Morgan fingerprint density at radius 1 is 1.33 bits per heavy atom. The van der Waals surface area contributed by atoms with Gasteiger partial charge in [-0.25, -0.2) is 13.8 Å². The van der Waals surface area contributed by atoms with Gasteiger partial charge in [0, 0.05) is 32.0 Å². The lowest BCUT2D eigenvalue weighted by molar-refractivity contribution is -0.133. The van der Waals surface area contributed by atoms with Crippen molar-refractivity contribution >= 4 is 11.7 Å². The van der Waals surface area contributed by atoms with Crippen LogP contribution in [0.15, 0.2) is 12.4 Å². The number of piperidine rings is 1. The highest BCUT2D eigenvalue weighted by Gasteiger charge is 2.28. The molecule has 0 N–H and O–H groups in total. The minimum atomic E-state index is -2.66. The van der Waals surface area contributed by atoms with Gasteiger partial charge < -0.3 is 9.64 Å². The molecule has 2 aromatic heterocycles. The van der Waals surface area contributed by atoms with E-state index < -0.39 is 6.43 Å². The molecule has 0 spiro atoms. The van der Waals surface area contributed by atoms with Crippen LogP contribution in [0.1, 0.15) is 62.3 Å². The van der Waals surface area contributed by atoms with Crippen molar-refractivity contribution in [2.75, 3.05) is 19.7 Å². The lowest BCUT2D eigenvalue weighted by Gasteiger charge is -2.33. The topological polar surface area (TPSA) is 72.6 Å². The standard InChI is InChI=1S/C18H23F2N5O2/c19-17(20)15-9-14(23-18-21-11-22-25(15)18)12-3-1-7-24(10-12)16(26)6-5-13-4-2-8-27-13/h9,11-13,17H,1-8,10H2. The van der Waals surface area contributed by atoms with Crippen molar-refractivity contribution in [3.8, 4) is 0 Å². The summed E-state index contributed by atoms with van der Waals surface area (Å²) in [5, 5.41) is 3.82. The van der Waals surface area contributed by atoms with Crippen LogP contribution < -0.4 is 0 Å². The van der Waals surface area contributed by atoms with Gasteiger partial charge in [-0.1, -0.05) is 0 Å². The smallest absolute Gasteiger partial charge is 0.280 e. The molecule has 7 nitrogen and oxygen atoms in total. The van der Waals surface area contributed by atoms with E-state index in [1.807, 2.05) is 4.90 Å². The zero-order chi connectivity index (χ0) is 18.8. The predicted octanol–water partition coefficient (Wildman–Crippen LogP) is 2.73. The zero-order valence-corrected chi connectivity index (χ0v) is 15.1. The molecule has 27 heavy (non-hydrogen) atoms. The SMILES string of the molecule is O=C(CCC1CCCO1)N1CCCC(c2cc(C(F)F)n3ncnc3n2)C1. The second-order valence-corrected chi connectivity index (χ2v) is 7.23. The first-order valence-electron chi connectivity index (χ1n) is 9.50. The number of nitrogens with zero attached hydrogens (tertiary/aromatic N) is 5. The summed E-state index contributed by atoms with van der Waals surface area (Å²) in [5.74, 6) is 0.210. The summed E-state index contributed by atoms with van der Waals surface area (Å²) < 4.78 is 33.4. The molecule has 0 aliphatic carbocycles. The number of fused-ring (bicyclic) bond motifs is 1. The van der Waals surface area contributed by atoms with E-state index in [0.29, 0.717) is 25.2 Å². The van der Waals surface area contributed by atoms with E-state index in [-0.39, 0.29) is 29.4 Å². The number of carbonyl (C=O) groups is 1. The molecule has 1 amide bonds. The average molecular weight is 379 g/mol. The first-order valence-corrected chi connectivity index (χ1v) is 9.50. The summed E-state index contributed by atoms with van der Waals surface area (Å²) >= 11 is 0. The van der Waals surface area contributed by atoms with Crippen molar-refractivity contribution in [1.82, 2.24) is 24.5 Å². The monoisotopic (exact) mass is 379 g/mol. The van der Waals surface area contributed by atoms with Gasteiger partial charge in [0.1, 0.15) is 12.0 Å². The quantitative estimate of drug-likeness (QED) is 0.799. The molecule has 0 radical (unpaired) electrons. The first-order chi connectivity index (χ1) is 13.1. The van der Waals surface area contributed by atoms with E-state index in [1.54, 1.807) is 0 Å². The summed E-state index contributed by atoms with van der Waals surface area (Å²) in [4.78, 5) is 22.8. The van der Waals surface area contributed by atoms with Crippen molar-refractivity contribution in [2.24, 2.45) is 0 Å². The fourth-order valence-corrected chi connectivity index (χ4v) is 3.98. The Kier molecular flexibility index (Phi) is 5.29. The maximum Gasteiger partial charge on any atom is 0.280 e. The molecule has 0 bridgehead atoms. The van der Waals surface area contributed by atoms with Gasteiger partial charge in [-0.05, 0) is 38.2 Å². The number of halogens is 2. The van der Waals surface area contributed by atoms with Gasteiger partial charge in [0.2, 0.25) is 5.91 Å². The van der Waals surface area contributed by atoms with E-state index in [1.165, 1.54) is 12.4 Å². The van der Waals surface area contributed by atoms with Crippen LogP contribution in [0.2, 0.25) is 0 Å². The molecule has 2 aliphatic rings. The third-order valence-electron chi connectivity index (χ3n) is 5.42. The summed E-state index contributed by atoms with van der Waals surface area (Å²) in [7, 11) is 0. The molecule has 9 heteroatoms. The van der Waals surface area contributed by atoms with Crippen molar-refractivity contribution in [3.63, 3.8) is 0 Å². The van der Waals surface area contributed by atoms with Crippen molar-refractivity contribution in [3.05, 3.63) is 23.8 Å². The van der Waals surface area contributed by atoms with Crippen LogP contribution in [0.3, 0.4) is 0 Å². The minimum absolute atomic E-state index is 0.0652. The predicted molar refractivity (Wildman–Crippen MR) is 92.5 cm³/mol. The van der Waals surface area contributed by atoms with Crippen molar-refractivity contribution in [2.45, 2.75) is 57.0 Å². The maximum atomic E-state index is 13.4. The number of alkyl halides is 2. The summed E-state index contributed by atoms with van der Waals surface area (Å²) in [6.45, 7) is 1.99. The van der Waals surface area contributed by atoms with E-state index in [9.17, 15) is 13.6 Å². The minimum Gasteiger partial charge on any atom is -0.378 e. The van der Waals surface area contributed by atoms with E-state index >= 15 is 0 Å². The maximum absolute atomic E-state index is 13.4.